The van der Waals surface area contributed by atoms with Gasteiger partial charge in [-0.1, -0.05) is 12.1 Å². The number of rotatable bonds is 2. The molecule has 0 spiro atoms. The first kappa shape index (κ1) is 13.8. The van der Waals surface area contributed by atoms with Crippen molar-refractivity contribution in [2.75, 3.05) is 0 Å². The topological polar surface area (TPSA) is 54.4 Å². The van der Waals surface area contributed by atoms with Gasteiger partial charge in [-0.25, -0.2) is 0 Å². The van der Waals surface area contributed by atoms with Crippen LogP contribution in [0.3, 0.4) is 0 Å². The number of benzene rings is 1. The Labute approximate surface area is 92.6 Å². The second-order valence-corrected chi connectivity index (χ2v) is 4.53. The summed E-state index contributed by atoms with van der Waals surface area (Å²) in [6.07, 6.45) is -4.72. The third kappa shape index (κ3) is 2.72. The van der Waals surface area contributed by atoms with Gasteiger partial charge in [0.2, 0.25) is 0 Å². The Morgan fingerprint density at radius 1 is 0.882 bits per heavy atom. The zero-order valence-electron chi connectivity index (χ0n) is 7.87. The molecule has 0 unspecified atom stereocenters. The molecule has 0 aromatic heterocycles. The molecule has 1 N–H and O–H groups in total. The van der Waals surface area contributed by atoms with Gasteiger partial charge in [0.25, 0.3) is 0 Å². The highest BCUT2D eigenvalue weighted by atomic mass is 32.2. The standard InChI is InChI=1S/C8H5F5O3S/c9-7(10,11)5-1-3-6(4-2-5)8(12,13)17(14,15)16/h1-4H,(H,14,15,16). The van der Waals surface area contributed by atoms with Gasteiger partial charge in [-0.05, 0) is 12.1 Å². The Balaban J connectivity index is 3.21. The van der Waals surface area contributed by atoms with Gasteiger partial charge in [0.15, 0.2) is 0 Å². The molecular weight excluding hydrogens is 271 g/mol. The SMILES string of the molecule is O=S(=O)(O)C(F)(F)c1ccc(C(F)(F)F)cc1. The van der Waals surface area contributed by atoms with Crippen molar-refractivity contribution in [3.63, 3.8) is 0 Å². The summed E-state index contributed by atoms with van der Waals surface area (Å²) >= 11 is 0. The molecule has 0 bridgehead atoms. The highest BCUT2D eigenvalue weighted by Gasteiger charge is 2.46. The van der Waals surface area contributed by atoms with Gasteiger partial charge >= 0.3 is 21.5 Å². The van der Waals surface area contributed by atoms with Crippen LogP contribution in [0, 0.1) is 0 Å². The Hall–Kier alpha value is -1.22. The lowest BCUT2D eigenvalue weighted by atomic mass is 10.1. The summed E-state index contributed by atoms with van der Waals surface area (Å²) in [6.45, 7) is 0. The molecule has 1 rings (SSSR count). The molecule has 0 aliphatic carbocycles. The number of halogens is 5. The van der Waals surface area contributed by atoms with Crippen LogP contribution in [0.1, 0.15) is 11.1 Å². The molecule has 0 heterocycles. The van der Waals surface area contributed by atoms with Crippen molar-refractivity contribution in [2.24, 2.45) is 0 Å². The summed E-state index contributed by atoms with van der Waals surface area (Å²) in [5, 5.41) is -4.64. The maximum atomic E-state index is 13.0. The molecule has 1 aromatic carbocycles. The van der Waals surface area contributed by atoms with Crippen LogP contribution in [-0.2, 0) is 21.5 Å². The molecule has 0 radical (unpaired) electrons. The predicted molar refractivity (Wildman–Crippen MR) is 46.9 cm³/mol. The van der Waals surface area contributed by atoms with Gasteiger partial charge in [0.05, 0.1) is 5.56 Å². The zero-order chi connectivity index (χ0) is 13.5. The van der Waals surface area contributed by atoms with Crippen molar-refractivity contribution in [3.05, 3.63) is 35.4 Å². The van der Waals surface area contributed by atoms with Crippen molar-refractivity contribution in [3.8, 4) is 0 Å². The maximum Gasteiger partial charge on any atom is 0.416 e. The van der Waals surface area contributed by atoms with Crippen LogP contribution in [0.4, 0.5) is 22.0 Å². The van der Waals surface area contributed by atoms with E-state index in [1.54, 1.807) is 0 Å². The van der Waals surface area contributed by atoms with Gasteiger partial charge in [-0.3, -0.25) is 4.55 Å². The first-order valence-electron chi connectivity index (χ1n) is 3.99. The summed E-state index contributed by atoms with van der Waals surface area (Å²) < 4.78 is 91.1. The van der Waals surface area contributed by atoms with Crippen LogP contribution in [0.5, 0.6) is 0 Å². The Bertz CT molecular complexity index is 503. The minimum absolute atomic E-state index is 0.288. The molecule has 3 nitrogen and oxygen atoms in total. The molecule has 0 amide bonds. The lowest BCUT2D eigenvalue weighted by Crippen LogP contribution is -2.25. The molecule has 96 valence electrons. The molecule has 0 saturated heterocycles. The summed E-state index contributed by atoms with van der Waals surface area (Å²) in [7, 11) is -5.72. The average molecular weight is 276 g/mol. The van der Waals surface area contributed by atoms with Crippen molar-refractivity contribution in [2.45, 2.75) is 11.4 Å². The maximum absolute atomic E-state index is 13.0. The average Bonchev–Trinajstić information content (AvgIpc) is 2.15. The first-order valence-corrected chi connectivity index (χ1v) is 5.43. The minimum atomic E-state index is -5.72. The van der Waals surface area contributed by atoms with Gasteiger partial charge in [0.1, 0.15) is 0 Å². The number of alkyl halides is 5. The van der Waals surface area contributed by atoms with Crippen molar-refractivity contribution in [1.82, 2.24) is 0 Å². The second-order valence-electron chi connectivity index (χ2n) is 3.07. The molecule has 0 atom stereocenters. The van der Waals surface area contributed by atoms with Crippen LogP contribution in [0.2, 0.25) is 0 Å². The molecular formula is C8H5F5O3S. The van der Waals surface area contributed by atoms with E-state index in [4.69, 9.17) is 4.55 Å². The van der Waals surface area contributed by atoms with Gasteiger partial charge in [0, 0.05) is 5.56 Å². The fourth-order valence-corrected chi connectivity index (χ4v) is 1.44. The summed E-state index contributed by atoms with van der Waals surface area (Å²) in [5.41, 5.74) is -2.44. The van der Waals surface area contributed by atoms with E-state index >= 15 is 0 Å². The van der Waals surface area contributed by atoms with Crippen molar-refractivity contribution >= 4 is 10.1 Å². The quantitative estimate of drug-likeness (QED) is 0.667. The molecule has 0 saturated carbocycles. The van der Waals surface area contributed by atoms with Crippen LogP contribution in [0.25, 0.3) is 0 Å². The van der Waals surface area contributed by atoms with Crippen LogP contribution >= 0.6 is 0 Å². The lowest BCUT2D eigenvalue weighted by Gasteiger charge is -2.14. The summed E-state index contributed by atoms with van der Waals surface area (Å²) in [6, 6.07) is 1.18. The first-order chi connectivity index (χ1) is 7.46. The highest BCUT2D eigenvalue weighted by molar-refractivity contribution is 7.86. The fourth-order valence-electron chi connectivity index (χ4n) is 1.00. The van der Waals surface area contributed by atoms with E-state index in [0.717, 1.165) is 0 Å². The van der Waals surface area contributed by atoms with E-state index in [2.05, 4.69) is 0 Å². The smallest absolute Gasteiger partial charge is 0.281 e. The van der Waals surface area contributed by atoms with Crippen LogP contribution in [0.15, 0.2) is 24.3 Å². The molecule has 0 aliphatic heterocycles. The zero-order valence-corrected chi connectivity index (χ0v) is 8.69. The van der Waals surface area contributed by atoms with Crippen LogP contribution < -0.4 is 0 Å². The Morgan fingerprint density at radius 3 is 1.53 bits per heavy atom. The van der Waals surface area contributed by atoms with E-state index in [-0.39, 0.29) is 12.1 Å². The molecule has 17 heavy (non-hydrogen) atoms. The van der Waals surface area contributed by atoms with E-state index in [1.165, 1.54) is 0 Å². The third-order valence-electron chi connectivity index (χ3n) is 1.87. The van der Waals surface area contributed by atoms with E-state index in [0.29, 0.717) is 12.1 Å². The molecule has 0 aliphatic rings. The van der Waals surface area contributed by atoms with Crippen molar-refractivity contribution in [1.29, 1.82) is 0 Å². The highest BCUT2D eigenvalue weighted by Crippen LogP contribution is 2.35. The van der Waals surface area contributed by atoms with Crippen molar-refractivity contribution < 1.29 is 34.9 Å². The second kappa shape index (κ2) is 3.91. The summed E-state index contributed by atoms with van der Waals surface area (Å²) in [4.78, 5) is 0. The van der Waals surface area contributed by atoms with Crippen LogP contribution in [-0.4, -0.2) is 13.0 Å². The normalized spacial score (nSPS) is 13.8. The Morgan fingerprint density at radius 2 is 1.24 bits per heavy atom. The minimum Gasteiger partial charge on any atom is -0.281 e. The van der Waals surface area contributed by atoms with E-state index in [1.807, 2.05) is 0 Å². The molecule has 0 fully saturated rings. The number of hydrogen-bond acceptors (Lipinski definition) is 2. The Kier molecular flexibility index (Phi) is 3.19. The summed E-state index contributed by atoms with van der Waals surface area (Å²) in [5.74, 6) is 0. The van der Waals surface area contributed by atoms with E-state index in [9.17, 15) is 30.4 Å². The third-order valence-corrected chi connectivity index (χ3v) is 2.76. The molecule has 1 aromatic rings. The molecule has 9 heteroatoms. The van der Waals surface area contributed by atoms with E-state index < -0.39 is 32.7 Å². The fraction of sp³-hybridized carbons (Fsp3) is 0.250. The van der Waals surface area contributed by atoms with Gasteiger partial charge in [-0.15, -0.1) is 0 Å². The monoisotopic (exact) mass is 276 g/mol. The van der Waals surface area contributed by atoms with Gasteiger partial charge < -0.3 is 0 Å². The van der Waals surface area contributed by atoms with Gasteiger partial charge in [-0.2, -0.15) is 30.4 Å². The lowest BCUT2D eigenvalue weighted by molar-refractivity contribution is -0.137. The predicted octanol–water partition coefficient (Wildman–Crippen LogP) is 2.64. The number of hydrogen-bond donors (Lipinski definition) is 1. The largest absolute Gasteiger partial charge is 0.416 e.